The second-order valence-electron chi connectivity index (χ2n) is 7.98. The Hall–Kier alpha value is -2.37. The fraction of sp³-hybridized carbons (Fsp3) is 0.217. The SMILES string of the molecule is O=c1cc(C[NH+]2CCN(S(=O)(=O)c3ccc(Br)cc3)CC2)nc2scc(-c3ccccc3)n12. The molecule has 0 saturated carbocycles. The van der Waals surface area contributed by atoms with E-state index in [1.807, 2.05) is 35.7 Å². The minimum absolute atomic E-state index is 0.0917. The van der Waals surface area contributed by atoms with Crippen LogP contribution < -0.4 is 10.5 Å². The van der Waals surface area contributed by atoms with Crippen molar-refractivity contribution < 1.29 is 13.3 Å². The summed E-state index contributed by atoms with van der Waals surface area (Å²) in [6, 6.07) is 18.1. The van der Waals surface area contributed by atoms with Crippen LogP contribution in [0.2, 0.25) is 0 Å². The molecule has 0 atom stereocenters. The van der Waals surface area contributed by atoms with Crippen molar-refractivity contribution in [2.75, 3.05) is 26.2 Å². The molecule has 10 heteroatoms. The van der Waals surface area contributed by atoms with Crippen LogP contribution in [-0.2, 0) is 16.6 Å². The molecule has 1 saturated heterocycles. The second-order valence-corrected chi connectivity index (χ2v) is 11.7. The zero-order chi connectivity index (χ0) is 23.0. The number of fused-ring (bicyclic) bond motifs is 1. The van der Waals surface area contributed by atoms with E-state index in [0.29, 0.717) is 42.6 Å². The molecular formula is C23H22BrN4O3S2+. The third-order valence-corrected chi connectivity index (χ3v) is 9.11. The average Bonchev–Trinajstić information content (AvgIpc) is 3.25. The number of benzene rings is 2. The van der Waals surface area contributed by atoms with Crippen molar-refractivity contribution in [3.63, 3.8) is 0 Å². The van der Waals surface area contributed by atoms with E-state index in [1.165, 1.54) is 20.5 Å². The number of hydrogen-bond donors (Lipinski definition) is 1. The van der Waals surface area contributed by atoms with Gasteiger partial charge in [-0.3, -0.25) is 9.20 Å². The van der Waals surface area contributed by atoms with Crippen molar-refractivity contribution >= 4 is 42.3 Å². The normalized spacial score (nSPS) is 15.8. The van der Waals surface area contributed by atoms with Gasteiger partial charge in [-0.2, -0.15) is 4.31 Å². The van der Waals surface area contributed by atoms with E-state index in [4.69, 9.17) is 4.98 Å². The molecule has 170 valence electrons. The predicted octanol–water partition coefficient (Wildman–Crippen LogP) is 2.27. The molecule has 7 nitrogen and oxygen atoms in total. The number of nitrogens with zero attached hydrogens (tertiary/aromatic N) is 3. The topological polar surface area (TPSA) is 76.2 Å². The summed E-state index contributed by atoms with van der Waals surface area (Å²) in [5, 5.41) is 1.96. The zero-order valence-corrected chi connectivity index (χ0v) is 20.9. The van der Waals surface area contributed by atoms with E-state index in [2.05, 4.69) is 15.9 Å². The summed E-state index contributed by atoms with van der Waals surface area (Å²) in [5.41, 5.74) is 2.47. The van der Waals surface area contributed by atoms with E-state index >= 15 is 0 Å². The molecule has 0 unspecified atom stereocenters. The van der Waals surface area contributed by atoms with Crippen LogP contribution in [-0.4, -0.2) is 48.3 Å². The standard InChI is InChI=1S/C23H21BrN4O3S2/c24-18-6-8-20(9-7-18)33(30,31)27-12-10-26(11-13-27)15-19-14-22(29)28-21(16-32-23(28)25-19)17-4-2-1-3-5-17/h1-9,14,16H,10-13,15H2/p+1. The maximum absolute atomic E-state index is 12.9. The van der Waals surface area contributed by atoms with Crippen molar-refractivity contribution in [1.82, 2.24) is 13.7 Å². The Morgan fingerprint density at radius 3 is 2.42 bits per heavy atom. The van der Waals surface area contributed by atoms with Gasteiger partial charge in [-0.1, -0.05) is 46.3 Å². The van der Waals surface area contributed by atoms with Gasteiger partial charge in [0.1, 0.15) is 12.2 Å². The first-order valence-corrected chi connectivity index (χ1v) is 13.7. The molecule has 5 rings (SSSR count). The first-order valence-electron chi connectivity index (χ1n) is 10.6. The Morgan fingerprint density at radius 2 is 1.73 bits per heavy atom. The van der Waals surface area contributed by atoms with Gasteiger partial charge in [0.05, 0.1) is 36.8 Å². The Kier molecular flexibility index (Phi) is 6.19. The summed E-state index contributed by atoms with van der Waals surface area (Å²) in [5.74, 6) is 0. The first-order chi connectivity index (χ1) is 15.9. The lowest BCUT2D eigenvalue weighted by atomic mass is 10.2. The molecule has 1 N–H and O–H groups in total. The van der Waals surface area contributed by atoms with Gasteiger partial charge in [0.15, 0.2) is 4.96 Å². The highest BCUT2D eigenvalue weighted by molar-refractivity contribution is 9.10. The Morgan fingerprint density at radius 1 is 1.03 bits per heavy atom. The molecule has 1 aliphatic heterocycles. The van der Waals surface area contributed by atoms with E-state index in [9.17, 15) is 13.2 Å². The van der Waals surface area contributed by atoms with Crippen LogP contribution in [0.3, 0.4) is 0 Å². The summed E-state index contributed by atoms with van der Waals surface area (Å²) < 4.78 is 29.9. The number of quaternary nitrogens is 1. The lowest BCUT2D eigenvalue weighted by Crippen LogP contribution is -3.13. The fourth-order valence-corrected chi connectivity index (χ4v) is 6.72. The van der Waals surface area contributed by atoms with Gasteiger partial charge < -0.3 is 4.90 Å². The number of aromatic nitrogens is 2. The molecule has 2 aromatic heterocycles. The van der Waals surface area contributed by atoms with Gasteiger partial charge in [-0.25, -0.2) is 13.4 Å². The van der Waals surface area contributed by atoms with Crippen LogP contribution >= 0.6 is 27.3 Å². The summed E-state index contributed by atoms with van der Waals surface area (Å²) in [6.45, 7) is 2.79. The second kappa shape index (κ2) is 9.11. The lowest BCUT2D eigenvalue weighted by Gasteiger charge is -2.31. The number of hydrogen-bond acceptors (Lipinski definition) is 5. The maximum Gasteiger partial charge on any atom is 0.259 e. The molecule has 4 aromatic rings. The largest absolute Gasteiger partial charge is 0.328 e. The predicted molar refractivity (Wildman–Crippen MR) is 132 cm³/mol. The van der Waals surface area contributed by atoms with Crippen LogP contribution in [0.1, 0.15) is 5.69 Å². The molecule has 3 heterocycles. The van der Waals surface area contributed by atoms with Crippen molar-refractivity contribution in [2.45, 2.75) is 11.4 Å². The number of thiazole rings is 1. The number of sulfonamides is 1. The molecule has 1 fully saturated rings. The lowest BCUT2D eigenvalue weighted by molar-refractivity contribution is -0.917. The molecule has 2 aromatic carbocycles. The number of rotatable bonds is 5. The van der Waals surface area contributed by atoms with Crippen molar-refractivity contribution in [3.05, 3.63) is 86.6 Å². The highest BCUT2D eigenvalue weighted by atomic mass is 79.9. The van der Waals surface area contributed by atoms with E-state index in [0.717, 1.165) is 21.4 Å². The van der Waals surface area contributed by atoms with Gasteiger partial charge in [-0.05, 0) is 29.8 Å². The summed E-state index contributed by atoms with van der Waals surface area (Å²) >= 11 is 4.79. The third-order valence-electron chi connectivity index (χ3n) is 5.84. The third kappa shape index (κ3) is 4.53. The van der Waals surface area contributed by atoms with E-state index in [1.54, 1.807) is 34.7 Å². The first kappa shape index (κ1) is 22.4. The molecule has 0 bridgehead atoms. The van der Waals surface area contributed by atoms with Crippen LogP contribution in [0.25, 0.3) is 16.2 Å². The molecule has 0 aliphatic carbocycles. The highest BCUT2D eigenvalue weighted by Gasteiger charge is 2.30. The van der Waals surface area contributed by atoms with Gasteiger partial charge in [-0.15, -0.1) is 11.3 Å². The van der Waals surface area contributed by atoms with Crippen LogP contribution in [0.15, 0.2) is 80.2 Å². The van der Waals surface area contributed by atoms with Crippen LogP contribution in [0.5, 0.6) is 0 Å². The minimum atomic E-state index is -3.50. The molecule has 0 radical (unpaired) electrons. The van der Waals surface area contributed by atoms with E-state index < -0.39 is 10.0 Å². The van der Waals surface area contributed by atoms with E-state index in [-0.39, 0.29) is 5.56 Å². The summed E-state index contributed by atoms with van der Waals surface area (Å²) in [7, 11) is -3.50. The number of halogens is 1. The summed E-state index contributed by atoms with van der Waals surface area (Å²) in [4.78, 5) is 19.8. The smallest absolute Gasteiger partial charge is 0.259 e. The molecule has 1 aliphatic rings. The van der Waals surface area contributed by atoms with Crippen molar-refractivity contribution in [2.24, 2.45) is 0 Å². The Bertz CT molecular complexity index is 1440. The fourth-order valence-electron chi connectivity index (χ4n) is 4.10. The Labute approximate surface area is 204 Å². The average molecular weight is 546 g/mol. The van der Waals surface area contributed by atoms with Gasteiger partial charge in [0.25, 0.3) is 5.56 Å². The minimum Gasteiger partial charge on any atom is -0.328 e. The highest BCUT2D eigenvalue weighted by Crippen LogP contribution is 2.23. The quantitative estimate of drug-likeness (QED) is 0.417. The molecular weight excluding hydrogens is 524 g/mol. The molecule has 0 spiro atoms. The van der Waals surface area contributed by atoms with Gasteiger partial charge in [0.2, 0.25) is 10.0 Å². The summed E-state index contributed by atoms with van der Waals surface area (Å²) in [6.07, 6.45) is 0. The maximum atomic E-state index is 12.9. The van der Waals surface area contributed by atoms with Crippen LogP contribution in [0, 0.1) is 0 Å². The zero-order valence-electron chi connectivity index (χ0n) is 17.6. The van der Waals surface area contributed by atoms with Crippen molar-refractivity contribution in [1.29, 1.82) is 0 Å². The molecule has 33 heavy (non-hydrogen) atoms. The van der Waals surface area contributed by atoms with Crippen LogP contribution in [0.4, 0.5) is 0 Å². The number of piperazine rings is 1. The Balaban J connectivity index is 1.30. The van der Waals surface area contributed by atoms with Crippen molar-refractivity contribution in [3.8, 4) is 11.3 Å². The molecule has 0 amide bonds. The van der Waals surface area contributed by atoms with Gasteiger partial charge in [0, 0.05) is 15.9 Å². The number of nitrogens with one attached hydrogen (secondary N) is 1. The van der Waals surface area contributed by atoms with Gasteiger partial charge >= 0.3 is 0 Å². The monoisotopic (exact) mass is 545 g/mol.